The summed E-state index contributed by atoms with van der Waals surface area (Å²) in [5.74, 6) is 0. The number of rotatable bonds is 1. The Balaban J connectivity index is 2.67. The van der Waals surface area contributed by atoms with Crippen molar-refractivity contribution < 1.29 is 0 Å². The van der Waals surface area contributed by atoms with E-state index < -0.39 is 0 Å². The minimum atomic E-state index is 1.08. The van der Waals surface area contributed by atoms with Crippen LogP contribution in [-0.4, -0.2) is 4.98 Å². The van der Waals surface area contributed by atoms with Gasteiger partial charge in [-0.15, -0.1) is 11.3 Å². The van der Waals surface area contributed by atoms with Gasteiger partial charge >= 0.3 is 0 Å². The topological polar surface area (TPSA) is 12.9 Å². The fourth-order valence-electron chi connectivity index (χ4n) is 1.08. The lowest BCUT2D eigenvalue weighted by Crippen LogP contribution is -1.77. The molecular weight excluding hydrogens is 154 g/mol. The Bertz CT molecular complexity index is 364. The SMILES string of the molecule is CCc1ccc2s[c]nc2c1. The van der Waals surface area contributed by atoms with E-state index in [1.54, 1.807) is 11.3 Å². The molecule has 0 fully saturated rings. The van der Waals surface area contributed by atoms with Crippen molar-refractivity contribution in [3.63, 3.8) is 0 Å². The molecule has 11 heavy (non-hydrogen) atoms. The van der Waals surface area contributed by atoms with Crippen molar-refractivity contribution in [2.24, 2.45) is 0 Å². The second-order valence-electron chi connectivity index (χ2n) is 2.46. The van der Waals surface area contributed by atoms with Crippen molar-refractivity contribution in [2.45, 2.75) is 13.3 Å². The number of aryl methyl sites for hydroxylation is 1. The number of benzene rings is 1. The summed E-state index contributed by atoms with van der Waals surface area (Å²) in [5.41, 5.74) is 5.30. The molecule has 0 aliphatic heterocycles. The second-order valence-corrected chi connectivity index (χ2v) is 3.29. The van der Waals surface area contributed by atoms with Crippen LogP contribution in [0.5, 0.6) is 0 Å². The van der Waals surface area contributed by atoms with Crippen LogP contribution in [0.4, 0.5) is 0 Å². The number of thiazole rings is 1. The van der Waals surface area contributed by atoms with E-state index in [0.717, 1.165) is 11.9 Å². The first kappa shape index (κ1) is 6.80. The first-order valence-electron chi connectivity index (χ1n) is 3.65. The molecule has 0 aliphatic rings. The zero-order valence-corrected chi connectivity index (χ0v) is 7.11. The third-order valence-corrected chi connectivity index (χ3v) is 2.50. The van der Waals surface area contributed by atoms with E-state index >= 15 is 0 Å². The molecule has 1 radical (unpaired) electrons. The molecule has 0 atom stereocenters. The Morgan fingerprint density at radius 3 is 3.27 bits per heavy atom. The van der Waals surface area contributed by atoms with Crippen LogP contribution in [0.15, 0.2) is 18.2 Å². The average molecular weight is 162 g/mol. The second kappa shape index (κ2) is 2.62. The van der Waals surface area contributed by atoms with E-state index in [1.165, 1.54) is 10.3 Å². The van der Waals surface area contributed by atoms with Gasteiger partial charge in [-0.05, 0) is 24.1 Å². The Morgan fingerprint density at radius 1 is 1.55 bits per heavy atom. The third-order valence-electron chi connectivity index (χ3n) is 1.75. The lowest BCUT2D eigenvalue weighted by Gasteiger charge is -1.93. The molecule has 0 spiro atoms. The van der Waals surface area contributed by atoms with E-state index in [9.17, 15) is 0 Å². The summed E-state index contributed by atoms with van der Waals surface area (Å²) in [5, 5.41) is 0. The fourth-order valence-corrected chi connectivity index (χ4v) is 1.67. The maximum atomic E-state index is 4.12. The normalized spacial score (nSPS) is 10.6. The number of hydrogen-bond donors (Lipinski definition) is 0. The van der Waals surface area contributed by atoms with Crippen molar-refractivity contribution >= 4 is 21.6 Å². The molecule has 2 heteroatoms. The minimum Gasteiger partial charge on any atom is -0.233 e. The Kier molecular flexibility index (Phi) is 1.62. The molecule has 1 nitrogen and oxygen atoms in total. The highest BCUT2D eigenvalue weighted by Gasteiger charge is 1.96. The summed E-state index contributed by atoms with van der Waals surface area (Å²) in [4.78, 5) is 4.12. The van der Waals surface area contributed by atoms with E-state index in [0.29, 0.717) is 0 Å². The number of fused-ring (bicyclic) bond motifs is 1. The van der Waals surface area contributed by atoms with Crippen molar-refractivity contribution in [1.82, 2.24) is 4.98 Å². The first-order chi connectivity index (χ1) is 5.40. The molecule has 0 N–H and O–H groups in total. The molecular formula is C9H8NS. The van der Waals surface area contributed by atoms with E-state index in [-0.39, 0.29) is 0 Å². The number of hydrogen-bond acceptors (Lipinski definition) is 2. The molecule has 0 amide bonds. The maximum absolute atomic E-state index is 4.12. The Labute approximate surface area is 69.7 Å². The van der Waals surface area contributed by atoms with Gasteiger partial charge in [0.25, 0.3) is 0 Å². The van der Waals surface area contributed by atoms with Crippen LogP contribution in [0, 0.1) is 5.51 Å². The van der Waals surface area contributed by atoms with Gasteiger partial charge < -0.3 is 0 Å². The first-order valence-corrected chi connectivity index (χ1v) is 4.47. The van der Waals surface area contributed by atoms with E-state index in [4.69, 9.17) is 0 Å². The predicted molar refractivity (Wildman–Crippen MR) is 47.8 cm³/mol. The number of nitrogens with zero attached hydrogens (tertiary/aromatic N) is 1. The monoisotopic (exact) mass is 162 g/mol. The zero-order chi connectivity index (χ0) is 7.68. The van der Waals surface area contributed by atoms with Crippen LogP contribution < -0.4 is 0 Å². The molecule has 55 valence electrons. The van der Waals surface area contributed by atoms with Crippen molar-refractivity contribution in [3.8, 4) is 0 Å². The van der Waals surface area contributed by atoms with Crippen molar-refractivity contribution in [2.75, 3.05) is 0 Å². The summed E-state index contributed by atoms with van der Waals surface area (Å²) in [6, 6.07) is 6.39. The summed E-state index contributed by atoms with van der Waals surface area (Å²) in [6.45, 7) is 2.15. The van der Waals surface area contributed by atoms with Gasteiger partial charge in [0.15, 0.2) is 5.51 Å². The molecule has 1 aromatic heterocycles. The van der Waals surface area contributed by atoms with Crippen molar-refractivity contribution in [1.29, 1.82) is 0 Å². The molecule has 0 saturated heterocycles. The summed E-state index contributed by atoms with van der Waals surface area (Å²) in [6.07, 6.45) is 1.08. The average Bonchev–Trinajstić information content (AvgIpc) is 2.50. The van der Waals surface area contributed by atoms with Crippen LogP contribution >= 0.6 is 11.3 Å². The third kappa shape index (κ3) is 1.14. The molecule has 2 aromatic rings. The van der Waals surface area contributed by atoms with Crippen LogP contribution in [0.3, 0.4) is 0 Å². The van der Waals surface area contributed by atoms with Crippen LogP contribution in [0.1, 0.15) is 12.5 Å². The highest BCUT2D eigenvalue weighted by Crippen LogP contribution is 2.18. The standard InChI is InChI=1S/C9H8NS/c1-2-7-3-4-9-8(5-7)10-6-11-9/h3-5H,2H2,1H3. The van der Waals surface area contributed by atoms with Gasteiger partial charge in [-0.3, -0.25) is 0 Å². The van der Waals surface area contributed by atoms with Gasteiger partial charge in [-0.1, -0.05) is 13.0 Å². The predicted octanol–water partition coefficient (Wildman–Crippen LogP) is 2.66. The number of aromatic nitrogens is 1. The lowest BCUT2D eigenvalue weighted by molar-refractivity contribution is 1.14. The van der Waals surface area contributed by atoms with Crippen molar-refractivity contribution in [3.05, 3.63) is 29.3 Å². The van der Waals surface area contributed by atoms with Gasteiger partial charge in [0.2, 0.25) is 0 Å². The fraction of sp³-hybridized carbons (Fsp3) is 0.222. The molecule has 0 saturated carbocycles. The highest BCUT2D eigenvalue weighted by atomic mass is 32.1. The smallest absolute Gasteiger partial charge is 0.153 e. The highest BCUT2D eigenvalue weighted by molar-refractivity contribution is 7.16. The van der Waals surface area contributed by atoms with Crippen LogP contribution in [0.25, 0.3) is 10.2 Å². The maximum Gasteiger partial charge on any atom is 0.153 e. The minimum absolute atomic E-state index is 1.08. The Hall–Kier alpha value is -0.890. The van der Waals surface area contributed by atoms with Gasteiger partial charge in [0.05, 0.1) is 10.2 Å². The van der Waals surface area contributed by atoms with Gasteiger partial charge in [0.1, 0.15) is 0 Å². The molecule has 1 aromatic carbocycles. The molecule has 0 bridgehead atoms. The molecule has 1 heterocycles. The lowest BCUT2D eigenvalue weighted by atomic mass is 10.2. The Morgan fingerprint density at radius 2 is 2.45 bits per heavy atom. The van der Waals surface area contributed by atoms with Gasteiger partial charge in [0, 0.05) is 0 Å². The largest absolute Gasteiger partial charge is 0.233 e. The molecule has 2 rings (SSSR count). The molecule has 0 aliphatic carbocycles. The van der Waals surface area contributed by atoms with Gasteiger partial charge in [-0.25, -0.2) is 4.98 Å². The van der Waals surface area contributed by atoms with Gasteiger partial charge in [-0.2, -0.15) is 0 Å². The van der Waals surface area contributed by atoms with Crippen LogP contribution in [-0.2, 0) is 6.42 Å². The molecule has 0 unspecified atom stereocenters. The van der Waals surface area contributed by atoms with E-state index in [2.05, 4.69) is 35.6 Å². The summed E-state index contributed by atoms with van der Waals surface area (Å²) < 4.78 is 1.22. The van der Waals surface area contributed by atoms with Crippen LogP contribution in [0.2, 0.25) is 0 Å². The van der Waals surface area contributed by atoms with E-state index in [1.807, 2.05) is 0 Å². The summed E-state index contributed by atoms with van der Waals surface area (Å²) >= 11 is 1.57. The zero-order valence-electron chi connectivity index (χ0n) is 6.29. The summed E-state index contributed by atoms with van der Waals surface area (Å²) in [7, 11) is 0. The quantitative estimate of drug-likeness (QED) is 0.628.